The Morgan fingerprint density at radius 2 is 0.625 bits per heavy atom. The lowest BCUT2D eigenvalue weighted by atomic mass is 10.0. The number of rotatable bonds is 44. The minimum absolute atomic E-state index is 0.0981. The van der Waals surface area contributed by atoms with Gasteiger partial charge in [-0.15, -0.1) is 0 Å². The van der Waals surface area contributed by atoms with E-state index in [1.54, 1.807) is 0 Å². The molecular formula is C59H92O5. The number of ether oxygens (including phenoxy) is 2. The molecule has 1 N–H and O–H groups in total. The summed E-state index contributed by atoms with van der Waals surface area (Å²) in [5.74, 6) is -0.656. The lowest BCUT2D eigenvalue weighted by Gasteiger charge is -2.15. The summed E-state index contributed by atoms with van der Waals surface area (Å²) >= 11 is 0. The maximum atomic E-state index is 12.3. The second-order valence-electron chi connectivity index (χ2n) is 16.1. The van der Waals surface area contributed by atoms with E-state index in [4.69, 9.17) is 9.47 Å². The Bertz CT molecular complexity index is 1410. The molecule has 0 rings (SSSR count). The van der Waals surface area contributed by atoms with Gasteiger partial charge < -0.3 is 14.6 Å². The van der Waals surface area contributed by atoms with Gasteiger partial charge in [-0.1, -0.05) is 211 Å². The van der Waals surface area contributed by atoms with Gasteiger partial charge in [0, 0.05) is 12.8 Å². The predicted molar refractivity (Wildman–Crippen MR) is 278 cm³/mol. The van der Waals surface area contributed by atoms with Gasteiger partial charge in [-0.25, -0.2) is 0 Å². The molecule has 5 heteroatoms. The van der Waals surface area contributed by atoms with Crippen molar-refractivity contribution in [1.29, 1.82) is 0 Å². The molecule has 0 radical (unpaired) electrons. The van der Waals surface area contributed by atoms with Crippen molar-refractivity contribution >= 4 is 11.9 Å². The topological polar surface area (TPSA) is 72.8 Å². The fourth-order valence-electron chi connectivity index (χ4n) is 6.38. The molecule has 0 spiro atoms. The van der Waals surface area contributed by atoms with Crippen molar-refractivity contribution in [3.63, 3.8) is 0 Å². The van der Waals surface area contributed by atoms with E-state index in [-0.39, 0.29) is 25.2 Å². The molecule has 0 heterocycles. The zero-order valence-electron chi connectivity index (χ0n) is 40.7. The molecule has 0 fully saturated rings. The third-order valence-corrected chi connectivity index (χ3v) is 10.1. The highest BCUT2D eigenvalue weighted by Crippen LogP contribution is 2.13. The molecule has 1 atom stereocenters. The van der Waals surface area contributed by atoms with E-state index in [2.05, 4.69) is 160 Å². The van der Waals surface area contributed by atoms with Gasteiger partial charge in [-0.05, 0) is 116 Å². The standard InChI is InChI=1S/C59H92O5/c1-3-5-7-9-11-13-15-17-19-20-21-22-23-24-25-26-27-28-29-30-31-32-33-34-35-36-37-38-40-42-44-46-48-50-52-54-59(62)64-57(55-60)56-63-58(61)53-51-49-47-45-43-41-39-18-16-14-12-10-8-6-4-2/h5-8,11-14,17-19,21-22,24-25,27-28,30-31,33-34,39,43,45,57,60H,3-4,9-10,15-16,20,23,26,29,32,35-38,40-42,44,46-56H2,1-2H3/b7-5-,8-6-,13-11-,14-12-,19-17-,22-21-,25-24-,28-27-,31-30-,34-33-,39-18-,45-43-. The van der Waals surface area contributed by atoms with Gasteiger partial charge in [0.1, 0.15) is 6.61 Å². The van der Waals surface area contributed by atoms with Crippen molar-refractivity contribution in [3.05, 3.63) is 146 Å². The first kappa shape index (κ1) is 59.8. The first-order valence-electron chi connectivity index (χ1n) is 25.4. The average Bonchev–Trinajstić information content (AvgIpc) is 3.30. The highest BCUT2D eigenvalue weighted by Gasteiger charge is 2.16. The van der Waals surface area contributed by atoms with Gasteiger partial charge in [-0.2, -0.15) is 0 Å². The van der Waals surface area contributed by atoms with Crippen LogP contribution in [0.15, 0.2) is 146 Å². The summed E-state index contributed by atoms with van der Waals surface area (Å²) < 4.78 is 10.6. The van der Waals surface area contributed by atoms with E-state index in [1.807, 2.05) is 0 Å². The van der Waals surface area contributed by atoms with Crippen molar-refractivity contribution in [2.45, 2.75) is 200 Å². The molecule has 64 heavy (non-hydrogen) atoms. The minimum atomic E-state index is -0.802. The van der Waals surface area contributed by atoms with Crippen LogP contribution in [0.3, 0.4) is 0 Å². The molecule has 0 aliphatic rings. The third kappa shape index (κ3) is 50.4. The largest absolute Gasteiger partial charge is 0.462 e. The fraction of sp³-hybridized carbons (Fsp3) is 0.559. The Morgan fingerprint density at radius 3 is 0.969 bits per heavy atom. The van der Waals surface area contributed by atoms with Crippen molar-refractivity contribution in [3.8, 4) is 0 Å². The first-order valence-corrected chi connectivity index (χ1v) is 25.4. The number of allylic oxidation sites excluding steroid dienone is 24. The van der Waals surface area contributed by atoms with Crippen LogP contribution in [0.5, 0.6) is 0 Å². The average molecular weight is 881 g/mol. The second-order valence-corrected chi connectivity index (χ2v) is 16.1. The number of esters is 2. The monoisotopic (exact) mass is 881 g/mol. The Balaban J connectivity index is 3.62. The van der Waals surface area contributed by atoms with Gasteiger partial charge in [-0.3, -0.25) is 9.59 Å². The van der Waals surface area contributed by atoms with E-state index >= 15 is 0 Å². The van der Waals surface area contributed by atoms with Crippen molar-refractivity contribution < 1.29 is 24.2 Å². The van der Waals surface area contributed by atoms with E-state index < -0.39 is 6.10 Å². The summed E-state index contributed by atoms with van der Waals surface area (Å²) in [4.78, 5) is 24.4. The maximum Gasteiger partial charge on any atom is 0.306 e. The molecule has 5 nitrogen and oxygen atoms in total. The third-order valence-electron chi connectivity index (χ3n) is 10.1. The van der Waals surface area contributed by atoms with Crippen LogP contribution < -0.4 is 0 Å². The Hall–Kier alpha value is -4.22. The molecule has 0 amide bonds. The summed E-state index contributed by atoms with van der Waals surface area (Å²) in [6.45, 7) is 3.85. The van der Waals surface area contributed by atoms with E-state index in [9.17, 15) is 14.7 Å². The van der Waals surface area contributed by atoms with Crippen LogP contribution in [-0.2, 0) is 19.1 Å². The van der Waals surface area contributed by atoms with E-state index in [0.29, 0.717) is 12.8 Å². The van der Waals surface area contributed by atoms with Crippen molar-refractivity contribution in [2.24, 2.45) is 0 Å². The Kier molecular flexibility index (Phi) is 49.6. The molecule has 0 bridgehead atoms. The second kappa shape index (κ2) is 53.1. The molecule has 0 aliphatic carbocycles. The number of aliphatic hydroxyl groups excluding tert-OH is 1. The number of hydrogen-bond acceptors (Lipinski definition) is 5. The molecule has 0 aliphatic heterocycles. The molecular weight excluding hydrogens is 789 g/mol. The number of hydrogen-bond donors (Lipinski definition) is 1. The maximum absolute atomic E-state index is 12.3. The normalized spacial score (nSPS) is 13.5. The molecule has 0 aromatic carbocycles. The SMILES string of the molecule is CC/C=C\C/C=C\C/C=C\C/C=C\C/C=C\C/C=C\C/C=C\C/C=C\CCCCCCCCCCCCC(=O)OC(CO)COC(=O)CCCC/C=C\C/C=C\C/C=C\C/C=C\CC. The number of unbranched alkanes of at least 4 members (excludes halogenated alkanes) is 12. The lowest BCUT2D eigenvalue weighted by Crippen LogP contribution is -2.28. The van der Waals surface area contributed by atoms with Gasteiger partial charge in [0.15, 0.2) is 6.10 Å². The van der Waals surface area contributed by atoms with E-state index in [1.165, 1.54) is 51.4 Å². The smallest absolute Gasteiger partial charge is 0.306 e. The van der Waals surface area contributed by atoms with Crippen molar-refractivity contribution in [1.82, 2.24) is 0 Å². The molecule has 1 unspecified atom stereocenters. The molecule has 358 valence electrons. The Labute approximate surface area is 393 Å². The molecule has 0 aromatic heterocycles. The quantitative estimate of drug-likeness (QED) is 0.0375. The fourth-order valence-corrected chi connectivity index (χ4v) is 6.38. The van der Waals surface area contributed by atoms with Gasteiger partial charge in [0.25, 0.3) is 0 Å². The predicted octanol–water partition coefficient (Wildman–Crippen LogP) is 17.1. The molecule has 0 aromatic rings. The zero-order valence-corrected chi connectivity index (χ0v) is 40.7. The van der Waals surface area contributed by atoms with Gasteiger partial charge in [0.05, 0.1) is 6.61 Å². The summed E-state index contributed by atoms with van der Waals surface area (Å²) in [6.07, 6.45) is 80.9. The van der Waals surface area contributed by atoms with Crippen LogP contribution in [0, 0.1) is 0 Å². The zero-order chi connectivity index (χ0) is 46.3. The summed E-state index contributed by atoms with van der Waals surface area (Å²) in [6, 6.07) is 0. The molecule has 0 saturated heterocycles. The lowest BCUT2D eigenvalue weighted by molar-refractivity contribution is -0.161. The van der Waals surface area contributed by atoms with Crippen LogP contribution in [-0.4, -0.2) is 36.4 Å². The summed E-state index contributed by atoms with van der Waals surface area (Å²) in [7, 11) is 0. The Morgan fingerprint density at radius 1 is 0.359 bits per heavy atom. The van der Waals surface area contributed by atoms with Gasteiger partial charge in [0.2, 0.25) is 0 Å². The number of carbonyl (C=O) groups is 2. The van der Waals surface area contributed by atoms with Crippen LogP contribution in [0.4, 0.5) is 0 Å². The van der Waals surface area contributed by atoms with Crippen LogP contribution in [0.2, 0.25) is 0 Å². The summed E-state index contributed by atoms with van der Waals surface area (Å²) in [5, 5.41) is 9.61. The van der Waals surface area contributed by atoms with Crippen LogP contribution >= 0.6 is 0 Å². The van der Waals surface area contributed by atoms with Crippen LogP contribution in [0.25, 0.3) is 0 Å². The minimum Gasteiger partial charge on any atom is -0.462 e. The number of aliphatic hydroxyl groups is 1. The highest BCUT2D eigenvalue weighted by molar-refractivity contribution is 5.70. The van der Waals surface area contributed by atoms with Crippen LogP contribution in [0.1, 0.15) is 194 Å². The van der Waals surface area contributed by atoms with Crippen molar-refractivity contribution in [2.75, 3.05) is 13.2 Å². The van der Waals surface area contributed by atoms with Gasteiger partial charge >= 0.3 is 11.9 Å². The first-order chi connectivity index (χ1) is 31.6. The number of carbonyl (C=O) groups excluding carboxylic acids is 2. The molecule has 0 saturated carbocycles. The highest BCUT2D eigenvalue weighted by atomic mass is 16.6. The summed E-state index contributed by atoms with van der Waals surface area (Å²) in [5.41, 5.74) is 0. The van der Waals surface area contributed by atoms with E-state index in [0.717, 1.165) is 116 Å².